The molecule has 0 aliphatic carbocycles. The van der Waals surface area contributed by atoms with Crippen molar-refractivity contribution in [3.63, 3.8) is 0 Å². The summed E-state index contributed by atoms with van der Waals surface area (Å²) in [6, 6.07) is 3.46. The number of anilines is 1. The fraction of sp³-hybridized carbons (Fsp3) is 0.182. The van der Waals surface area contributed by atoms with Gasteiger partial charge in [-0.3, -0.25) is 4.72 Å². The topological polar surface area (TPSA) is 121 Å². The Morgan fingerprint density at radius 3 is 2.25 bits per heavy atom. The molecule has 1 aromatic carbocycles. The first-order chi connectivity index (χ1) is 10.4. The summed E-state index contributed by atoms with van der Waals surface area (Å²) in [7, 11) is -8.38. The molecule has 13 heteroatoms. The minimum absolute atomic E-state index is 0. The standard InChI is InChI=1S/C11H11Cl2N3O5S2.Na.H2/c1-6-3-11(15-22(2,17)18)16(14-6)9-4-8(13)10(5-7(9)12)23(19,20)21;;/h3-5,15H,1-2H3,(H,19,20,21);;1H/q;+1;/p-1. The number of benzene rings is 1. The van der Waals surface area contributed by atoms with E-state index in [0.29, 0.717) is 5.69 Å². The molecule has 0 unspecified atom stereocenters. The van der Waals surface area contributed by atoms with Gasteiger partial charge >= 0.3 is 29.6 Å². The number of rotatable bonds is 4. The third kappa shape index (κ3) is 5.09. The molecule has 1 heterocycles. The van der Waals surface area contributed by atoms with Gasteiger partial charge in [0, 0.05) is 7.49 Å². The number of aryl methyl sites for hydroxylation is 1. The molecule has 0 aliphatic heterocycles. The van der Waals surface area contributed by atoms with Gasteiger partial charge in [0.25, 0.3) is 0 Å². The van der Waals surface area contributed by atoms with Crippen LogP contribution in [0.2, 0.25) is 10.0 Å². The van der Waals surface area contributed by atoms with E-state index in [4.69, 9.17) is 23.2 Å². The molecular formula is C11H12Cl2N3NaO5S2. The normalized spacial score (nSPS) is 11.9. The fourth-order valence-corrected chi connectivity index (χ4v) is 3.65. The third-order valence-corrected chi connectivity index (χ3v) is 4.80. The maximum atomic E-state index is 11.4. The van der Waals surface area contributed by atoms with Crippen LogP contribution < -0.4 is 34.3 Å². The van der Waals surface area contributed by atoms with E-state index in [0.717, 1.165) is 23.1 Å². The number of halogens is 2. The van der Waals surface area contributed by atoms with Gasteiger partial charge in [-0.1, -0.05) is 23.2 Å². The smallest absolute Gasteiger partial charge is 0.744 e. The van der Waals surface area contributed by atoms with Crippen molar-refractivity contribution in [2.24, 2.45) is 0 Å². The van der Waals surface area contributed by atoms with E-state index in [9.17, 15) is 21.4 Å². The summed E-state index contributed by atoms with van der Waals surface area (Å²) in [5.74, 6) is 0.0840. The Bertz CT molecular complexity index is 995. The molecule has 1 N–H and O–H groups in total. The largest absolute Gasteiger partial charge is 1.00 e. The fourth-order valence-electron chi connectivity index (χ4n) is 1.82. The number of hydrogen-bond acceptors (Lipinski definition) is 6. The van der Waals surface area contributed by atoms with E-state index in [1.165, 1.54) is 6.07 Å². The zero-order chi connectivity index (χ0) is 17.6. The van der Waals surface area contributed by atoms with Crippen LogP contribution in [0.1, 0.15) is 7.12 Å². The molecule has 0 radical (unpaired) electrons. The maximum Gasteiger partial charge on any atom is 1.00 e. The SMILES string of the molecule is Cc1cc(NS(C)(=O)=O)n(-c2cc(Cl)c(S(=O)(=O)[O-])cc2Cl)n1.[HH].[Na+]. The van der Waals surface area contributed by atoms with Crippen LogP contribution in [0, 0.1) is 6.92 Å². The Hall–Kier alpha value is -0.330. The zero-order valence-corrected chi connectivity index (χ0v) is 17.9. The van der Waals surface area contributed by atoms with Gasteiger partial charge in [0.2, 0.25) is 10.0 Å². The van der Waals surface area contributed by atoms with Gasteiger partial charge in [-0.2, -0.15) is 5.10 Å². The summed E-state index contributed by atoms with van der Waals surface area (Å²) in [5.41, 5.74) is 0.590. The summed E-state index contributed by atoms with van der Waals surface area (Å²) in [6.45, 7) is 1.62. The van der Waals surface area contributed by atoms with Crippen LogP contribution >= 0.6 is 23.2 Å². The second kappa shape index (κ2) is 7.50. The van der Waals surface area contributed by atoms with E-state index in [1.807, 2.05) is 0 Å². The third-order valence-electron chi connectivity index (χ3n) is 2.62. The van der Waals surface area contributed by atoms with Gasteiger partial charge in [-0.25, -0.2) is 21.5 Å². The van der Waals surface area contributed by atoms with E-state index >= 15 is 0 Å². The summed E-state index contributed by atoms with van der Waals surface area (Å²) >= 11 is 11.8. The second-order valence-corrected chi connectivity index (χ2v) is 8.56. The number of sulfonamides is 1. The molecule has 128 valence electrons. The van der Waals surface area contributed by atoms with Crippen molar-refractivity contribution in [3.05, 3.63) is 33.9 Å². The Kier molecular flexibility index (Phi) is 6.79. The number of nitrogens with one attached hydrogen (secondary N) is 1. The van der Waals surface area contributed by atoms with Gasteiger partial charge in [0.15, 0.2) is 0 Å². The average molecular weight is 424 g/mol. The van der Waals surface area contributed by atoms with Crippen LogP contribution in [0.5, 0.6) is 0 Å². The van der Waals surface area contributed by atoms with Crippen molar-refractivity contribution in [1.82, 2.24) is 9.78 Å². The molecule has 0 saturated heterocycles. The minimum Gasteiger partial charge on any atom is -0.744 e. The molecule has 0 spiro atoms. The summed E-state index contributed by atoms with van der Waals surface area (Å²) < 4.78 is 59.5. The molecule has 1 aromatic heterocycles. The zero-order valence-electron chi connectivity index (χ0n) is 12.7. The quantitative estimate of drug-likeness (QED) is 0.497. The maximum absolute atomic E-state index is 11.4. The van der Waals surface area contributed by atoms with E-state index in [-0.39, 0.29) is 52.5 Å². The predicted molar refractivity (Wildman–Crippen MR) is 86.9 cm³/mol. The average Bonchev–Trinajstić information content (AvgIpc) is 2.68. The van der Waals surface area contributed by atoms with Crippen molar-refractivity contribution in [2.45, 2.75) is 11.8 Å². The first-order valence-electron chi connectivity index (χ1n) is 5.88. The molecule has 0 amide bonds. The Morgan fingerprint density at radius 1 is 1.17 bits per heavy atom. The van der Waals surface area contributed by atoms with Gasteiger partial charge < -0.3 is 4.55 Å². The number of aromatic nitrogens is 2. The van der Waals surface area contributed by atoms with E-state index < -0.39 is 25.0 Å². The van der Waals surface area contributed by atoms with Crippen LogP contribution in [-0.2, 0) is 20.1 Å². The van der Waals surface area contributed by atoms with Gasteiger partial charge in [0.05, 0.1) is 32.6 Å². The van der Waals surface area contributed by atoms with Crippen LogP contribution in [0.3, 0.4) is 0 Å². The monoisotopic (exact) mass is 423 g/mol. The van der Waals surface area contributed by atoms with Gasteiger partial charge in [0.1, 0.15) is 15.9 Å². The summed E-state index contributed by atoms with van der Waals surface area (Å²) in [4.78, 5) is -0.672. The van der Waals surface area contributed by atoms with Gasteiger partial charge in [-0.15, -0.1) is 0 Å². The first-order valence-corrected chi connectivity index (χ1v) is 9.94. The molecular weight excluding hydrogens is 412 g/mol. The molecule has 8 nitrogen and oxygen atoms in total. The number of nitrogens with zero attached hydrogens (tertiary/aromatic N) is 2. The molecule has 0 saturated carbocycles. The Labute approximate surface area is 172 Å². The van der Waals surface area contributed by atoms with Crippen LogP contribution in [0.25, 0.3) is 5.69 Å². The summed E-state index contributed by atoms with van der Waals surface area (Å²) in [5, 5.41) is 3.59. The Balaban J connectivity index is 0.00000288. The predicted octanol–water partition coefficient (Wildman–Crippen LogP) is -0.987. The van der Waals surface area contributed by atoms with Crippen molar-refractivity contribution in [2.75, 3.05) is 11.0 Å². The van der Waals surface area contributed by atoms with E-state index in [2.05, 4.69) is 9.82 Å². The molecule has 0 atom stereocenters. The Morgan fingerprint density at radius 2 is 1.75 bits per heavy atom. The van der Waals surface area contributed by atoms with Crippen molar-refractivity contribution < 1.29 is 52.4 Å². The van der Waals surface area contributed by atoms with Crippen LogP contribution in [0.15, 0.2) is 23.1 Å². The first kappa shape index (κ1) is 21.7. The van der Waals surface area contributed by atoms with Crippen LogP contribution in [-0.4, -0.2) is 37.4 Å². The molecule has 2 aromatic rings. The molecule has 0 fully saturated rings. The summed E-state index contributed by atoms with van der Waals surface area (Å²) in [6.07, 6.45) is 0.960. The van der Waals surface area contributed by atoms with Gasteiger partial charge in [-0.05, 0) is 19.1 Å². The minimum atomic E-state index is -4.80. The van der Waals surface area contributed by atoms with Crippen molar-refractivity contribution >= 4 is 49.2 Å². The van der Waals surface area contributed by atoms with E-state index in [1.54, 1.807) is 6.92 Å². The second-order valence-electron chi connectivity index (χ2n) is 4.65. The number of hydrogen-bond donors (Lipinski definition) is 1. The molecule has 2 rings (SSSR count). The molecule has 0 bridgehead atoms. The molecule has 24 heavy (non-hydrogen) atoms. The van der Waals surface area contributed by atoms with Crippen molar-refractivity contribution in [3.8, 4) is 5.69 Å². The van der Waals surface area contributed by atoms with Crippen LogP contribution in [0.4, 0.5) is 5.82 Å². The molecule has 0 aliphatic rings. The van der Waals surface area contributed by atoms with Crippen molar-refractivity contribution in [1.29, 1.82) is 0 Å².